The Morgan fingerprint density at radius 1 is 1.22 bits per heavy atom. The number of anilines is 2. The molecule has 0 aliphatic carbocycles. The Hall–Kier alpha value is -1.79. The van der Waals surface area contributed by atoms with Gasteiger partial charge in [0.2, 0.25) is 10.0 Å². The molecule has 0 saturated heterocycles. The molecule has 6 heteroatoms. The summed E-state index contributed by atoms with van der Waals surface area (Å²) in [4.78, 5) is 3.18. The lowest BCUT2D eigenvalue weighted by Crippen LogP contribution is -2.13. The van der Waals surface area contributed by atoms with Crippen molar-refractivity contribution in [1.82, 2.24) is 4.98 Å². The van der Waals surface area contributed by atoms with Crippen molar-refractivity contribution in [3.8, 4) is 0 Å². The minimum absolute atomic E-state index is 0.140. The van der Waals surface area contributed by atoms with Crippen LogP contribution in [0.3, 0.4) is 0 Å². The summed E-state index contributed by atoms with van der Waals surface area (Å²) in [7, 11) is -3.69. The minimum atomic E-state index is -3.69. The lowest BCUT2D eigenvalue weighted by Gasteiger charge is -2.09. The summed E-state index contributed by atoms with van der Waals surface area (Å²) in [6, 6.07) is 6.96. The average Bonchev–Trinajstić information content (AvgIpc) is 2.66. The normalized spacial score (nSPS) is 11.5. The van der Waals surface area contributed by atoms with Crippen molar-refractivity contribution in [2.45, 2.75) is 18.7 Å². The fourth-order valence-electron chi connectivity index (χ4n) is 1.73. The summed E-state index contributed by atoms with van der Waals surface area (Å²) in [6.45, 7) is 3.64. The molecule has 0 bridgehead atoms. The number of aromatic nitrogens is 1. The third kappa shape index (κ3) is 2.55. The fraction of sp³-hybridized carbons (Fsp3) is 0.167. The SMILES string of the molecule is Cc1ccc(Nc2cc[nH]c2C)cc1S(N)(=O)=O. The van der Waals surface area contributed by atoms with Gasteiger partial charge in [-0.25, -0.2) is 13.6 Å². The molecule has 0 saturated carbocycles. The molecule has 0 radical (unpaired) electrons. The first-order valence-electron chi connectivity index (χ1n) is 5.42. The number of benzene rings is 1. The number of rotatable bonds is 3. The van der Waals surface area contributed by atoms with Crippen LogP contribution in [0.2, 0.25) is 0 Å². The topological polar surface area (TPSA) is 88.0 Å². The Morgan fingerprint density at radius 3 is 2.50 bits per heavy atom. The average molecular weight is 265 g/mol. The molecule has 1 heterocycles. The first-order chi connectivity index (χ1) is 8.38. The lowest BCUT2D eigenvalue weighted by atomic mass is 10.2. The van der Waals surface area contributed by atoms with Gasteiger partial charge in [0.05, 0.1) is 10.6 Å². The molecule has 1 aromatic carbocycles. The zero-order valence-electron chi connectivity index (χ0n) is 10.2. The predicted octanol–water partition coefficient (Wildman–Crippen LogP) is 2.02. The molecule has 0 spiro atoms. The molecule has 2 rings (SSSR count). The minimum Gasteiger partial charge on any atom is -0.363 e. The summed E-state index contributed by atoms with van der Waals surface area (Å²) in [6.07, 6.45) is 1.81. The zero-order valence-corrected chi connectivity index (χ0v) is 11.0. The van der Waals surface area contributed by atoms with E-state index in [1.54, 1.807) is 13.0 Å². The smallest absolute Gasteiger partial charge is 0.238 e. The van der Waals surface area contributed by atoms with Crippen LogP contribution in [-0.4, -0.2) is 13.4 Å². The van der Waals surface area contributed by atoms with E-state index in [-0.39, 0.29) is 4.90 Å². The number of hydrogen-bond acceptors (Lipinski definition) is 3. The molecule has 5 nitrogen and oxygen atoms in total. The van der Waals surface area contributed by atoms with Crippen LogP contribution in [0.5, 0.6) is 0 Å². The molecular weight excluding hydrogens is 250 g/mol. The summed E-state index contributed by atoms with van der Waals surface area (Å²) in [5.74, 6) is 0. The van der Waals surface area contributed by atoms with Crippen molar-refractivity contribution < 1.29 is 8.42 Å². The molecule has 96 valence electrons. The maximum atomic E-state index is 11.4. The Kier molecular flexibility index (Phi) is 3.14. The highest BCUT2D eigenvalue weighted by Gasteiger charge is 2.12. The van der Waals surface area contributed by atoms with Gasteiger partial charge in [-0.05, 0) is 37.6 Å². The van der Waals surface area contributed by atoms with Crippen LogP contribution in [0.25, 0.3) is 0 Å². The van der Waals surface area contributed by atoms with Gasteiger partial charge in [0, 0.05) is 17.6 Å². The van der Waals surface area contributed by atoms with E-state index in [9.17, 15) is 8.42 Å². The van der Waals surface area contributed by atoms with Crippen molar-refractivity contribution in [2.75, 3.05) is 5.32 Å². The number of nitrogens with one attached hydrogen (secondary N) is 2. The van der Waals surface area contributed by atoms with E-state index in [1.807, 2.05) is 25.3 Å². The van der Waals surface area contributed by atoms with Crippen molar-refractivity contribution in [1.29, 1.82) is 0 Å². The Labute approximate surface area is 106 Å². The summed E-state index contributed by atoms with van der Waals surface area (Å²) in [5, 5.41) is 8.31. The highest BCUT2D eigenvalue weighted by atomic mass is 32.2. The maximum absolute atomic E-state index is 11.4. The predicted molar refractivity (Wildman–Crippen MR) is 71.4 cm³/mol. The van der Waals surface area contributed by atoms with Gasteiger partial charge in [-0.1, -0.05) is 6.07 Å². The van der Waals surface area contributed by atoms with Gasteiger partial charge in [0.1, 0.15) is 0 Å². The van der Waals surface area contributed by atoms with Crippen molar-refractivity contribution >= 4 is 21.4 Å². The van der Waals surface area contributed by atoms with E-state index < -0.39 is 10.0 Å². The van der Waals surface area contributed by atoms with Crippen molar-refractivity contribution in [2.24, 2.45) is 5.14 Å². The number of primary sulfonamides is 1. The summed E-state index contributed by atoms with van der Waals surface area (Å²) < 4.78 is 22.8. The van der Waals surface area contributed by atoms with Crippen molar-refractivity contribution in [3.05, 3.63) is 41.7 Å². The monoisotopic (exact) mass is 265 g/mol. The van der Waals surface area contributed by atoms with E-state index in [1.165, 1.54) is 6.07 Å². The van der Waals surface area contributed by atoms with E-state index in [4.69, 9.17) is 5.14 Å². The quantitative estimate of drug-likeness (QED) is 0.793. The second-order valence-electron chi connectivity index (χ2n) is 4.17. The van der Waals surface area contributed by atoms with Crippen LogP contribution < -0.4 is 10.5 Å². The third-order valence-electron chi connectivity index (χ3n) is 2.73. The molecule has 0 aliphatic heterocycles. The van der Waals surface area contributed by atoms with Crippen LogP contribution in [0, 0.1) is 13.8 Å². The highest BCUT2D eigenvalue weighted by Crippen LogP contribution is 2.23. The molecule has 4 N–H and O–H groups in total. The van der Waals surface area contributed by atoms with Gasteiger partial charge in [0.25, 0.3) is 0 Å². The molecule has 1 aromatic heterocycles. The summed E-state index contributed by atoms with van der Waals surface area (Å²) in [5.41, 5.74) is 3.20. The first kappa shape index (κ1) is 12.7. The van der Waals surface area contributed by atoms with Gasteiger partial charge >= 0.3 is 0 Å². The Bertz CT molecular complexity index is 674. The Morgan fingerprint density at radius 2 is 1.94 bits per heavy atom. The molecular formula is C12H15N3O2S. The molecule has 2 aromatic rings. The number of hydrogen-bond donors (Lipinski definition) is 3. The largest absolute Gasteiger partial charge is 0.363 e. The maximum Gasteiger partial charge on any atom is 0.238 e. The van der Waals surface area contributed by atoms with Gasteiger partial charge in [-0.3, -0.25) is 0 Å². The standard InChI is InChI=1S/C12H15N3O2S/c1-8-3-4-10(7-12(8)18(13,16)17)15-11-5-6-14-9(11)2/h3-7,14-15H,1-2H3,(H2,13,16,17). The zero-order chi connectivity index (χ0) is 13.3. The third-order valence-corrected chi connectivity index (χ3v) is 3.78. The second-order valence-corrected chi connectivity index (χ2v) is 5.70. The van der Waals surface area contributed by atoms with E-state index >= 15 is 0 Å². The van der Waals surface area contributed by atoms with Crippen LogP contribution in [0.4, 0.5) is 11.4 Å². The molecule has 18 heavy (non-hydrogen) atoms. The molecule has 0 unspecified atom stereocenters. The fourth-order valence-corrected chi connectivity index (χ4v) is 2.54. The molecule has 0 aliphatic rings. The van der Waals surface area contributed by atoms with E-state index in [2.05, 4.69) is 10.3 Å². The number of aromatic amines is 1. The van der Waals surface area contributed by atoms with Crippen LogP contribution in [0.1, 0.15) is 11.3 Å². The lowest BCUT2D eigenvalue weighted by molar-refractivity contribution is 0.597. The highest BCUT2D eigenvalue weighted by molar-refractivity contribution is 7.89. The number of nitrogens with two attached hydrogens (primary N) is 1. The van der Waals surface area contributed by atoms with Gasteiger partial charge < -0.3 is 10.3 Å². The molecule has 0 atom stereocenters. The molecule has 0 amide bonds. The van der Waals surface area contributed by atoms with Gasteiger partial charge in [0.15, 0.2) is 0 Å². The van der Waals surface area contributed by atoms with Crippen LogP contribution in [-0.2, 0) is 10.0 Å². The Balaban J connectivity index is 2.40. The second kappa shape index (κ2) is 4.47. The molecule has 0 fully saturated rings. The van der Waals surface area contributed by atoms with Crippen LogP contribution >= 0.6 is 0 Å². The van der Waals surface area contributed by atoms with Crippen molar-refractivity contribution in [3.63, 3.8) is 0 Å². The van der Waals surface area contributed by atoms with E-state index in [0.717, 1.165) is 11.4 Å². The van der Waals surface area contributed by atoms with E-state index in [0.29, 0.717) is 11.3 Å². The van der Waals surface area contributed by atoms with Gasteiger partial charge in [-0.15, -0.1) is 0 Å². The van der Waals surface area contributed by atoms with Crippen LogP contribution in [0.15, 0.2) is 35.4 Å². The number of H-pyrrole nitrogens is 1. The van der Waals surface area contributed by atoms with Gasteiger partial charge in [-0.2, -0.15) is 0 Å². The number of sulfonamides is 1. The first-order valence-corrected chi connectivity index (χ1v) is 6.97. The number of aryl methyl sites for hydroxylation is 2. The summed E-state index contributed by atoms with van der Waals surface area (Å²) >= 11 is 0.